The Kier molecular flexibility index (Phi) is 19.5. The first-order valence-corrected chi connectivity index (χ1v) is 10.0. The zero-order valence-electron chi connectivity index (χ0n) is 15.2. The fourth-order valence-corrected chi connectivity index (χ4v) is 3.38. The molecule has 1 radical (unpaired) electrons. The smallest absolute Gasteiger partial charge is 0.266 e. The van der Waals surface area contributed by atoms with Crippen molar-refractivity contribution >= 4 is 63.7 Å². The largest absolute Gasteiger partial charge is 0.296 e. The van der Waals surface area contributed by atoms with Crippen LogP contribution in [-0.2, 0) is 14.3 Å². The molecule has 0 saturated carbocycles. The van der Waals surface area contributed by atoms with E-state index < -0.39 is 10.1 Å². The van der Waals surface area contributed by atoms with Crippen molar-refractivity contribution in [2.75, 3.05) is 6.61 Å². The molecule has 0 N–H and O–H groups in total. The van der Waals surface area contributed by atoms with Gasteiger partial charge in [-0.15, -0.1) is 24.0 Å². The van der Waals surface area contributed by atoms with Crippen LogP contribution in [0.1, 0.15) is 71.1 Å². The summed E-state index contributed by atoms with van der Waals surface area (Å²) in [6, 6.07) is 8.33. The van der Waals surface area contributed by atoms with Crippen molar-refractivity contribution in [3.63, 3.8) is 0 Å². The molecule has 0 amide bonds. The molecule has 0 atom stereocenters. The number of halogens is 1. The summed E-state index contributed by atoms with van der Waals surface area (Å²) in [5, 5.41) is 0. The quantitative estimate of drug-likeness (QED) is 0.162. The van der Waals surface area contributed by atoms with E-state index in [2.05, 4.69) is 6.92 Å². The Bertz CT molecular complexity index is 480. The summed E-state index contributed by atoms with van der Waals surface area (Å²) in [4.78, 5) is 0.238. The van der Waals surface area contributed by atoms with Crippen molar-refractivity contribution < 1.29 is 12.6 Å². The Morgan fingerprint density at radius 2 is 1.25 bits per heavy atom. The van der Waals surface area contributed by atoms with Gasteiger partial charge in [0, 0.05) is 29.6 Å². The maximum atomic E-state index is 11.9. The number of unbranched alkanes of at least 4 members (excludes halogenated alkanes) is 9. The van der Waals surface area contributed by atoms with Gasteiger partial charge in [0.15, 0.2) is 0 Å². The Hall–Kier alpha value is 0.860. The number of rotatable bonds is 13. The third-order valence-electron chi connectivity index (χ3n) is 3.77. The van der Waals surface area contributed by atoms with Crippen LogP contribution in [0.4, 0.5) is 0 Å². The van der Waals surface area contributed by atoms with Gasteiger partial charge in [-0.1, -0.05) is 82.9 Å². The van der Waals surface area contributed by atoms with Crippen LogP contribution in [0.2, 0.25) is 0 Å². The normalized spacial score (nSPS) is 10.7. The van der Waals surface area contributed by atoms with E-state index in [1.54, 1.807) is 30.3 Å². The van der Waals surface area contributed by atoms with Gasteiger partial charge in [0.2, 0.25) is 0 Å². The van der Waals surface area contributed by atoms with Crippen molar-refractivity contribution in [3.8, 4) is 0 Å². The molecule has 0 unspecified atom stereocenters. The molecule has 0 bridgehead atoms. The molecule has 0 spiro atoms. The molecule has 1 aromatic carbocycles. The zero-order chi connectivity index (χ0) is 16.1. The van der Waals surface area contributed by atoms with Crippen LogP contribution < -0.4 is 0 Å². The van der Waals surface area contributed by atoms with Gasteiger partial charge in [-0.3, -0.25) is 4.18 Å². The average molecular weight is 477 g/mol. The summed E-state index contributed by atoms with van der Waals surface area (Å²) in [5.41, 5.74) is 0. The number of benzene rings is 1. The molecule has 1 rings (SSSR count). The van der Waals surface area contributed by atoms with E-state index in [1.165, 1.54) is 51.4 Å². The van der Waals surface area contributed by atoms with Crippen molar-refractivity contribution in [1.82, 2.24) is 0 Å². The predicted molar refractivity (Wildman–Crippen MR) is 113 cm³/mol. The first kappa shape index (κ1) is 27.1. The minimum Gasteiger partial charge on any atom is -0.266 e. The van der Waals surface area contributed by atoms with Gasteiger partial charge in [-0.2, -0.15) is 8.42 Å². The Labute approximate surface area is 187 Å². The SMILES string of the molecule is CCCCCCCCCCCCOS(=O)(=O)c1ccccc1.I.[Na]. The molecule has 6 heteroatoms. The van der Waals surface area contributed by atoms with E-state index >= 15 is 0 Å². The van der Waals surface area contributed by atoms with Crippen LogP contribution in [-0.4, -0.2) is 44.6 Å². The molecule has 0 aliphatic heterocycles. The topological polar surface area (TPSA) is 43.4 Å². The molecule has 0 aromatic heterocycles. The molecule has 0 fully saturated rings. The zero-order valence-corrected chi connectivity index (χ0v) is 20.4. The number of hydrogen-bond donors (Lipinski definition) is 0. The monoisotopic (exact) mass is 477 g/mol. The molecule has 0 aliphatic rings. The summed E-state index contributed by atoms with van der Waals surface area (Å²) in [6.07, 6.45) is 12.3. The van der Waals surface area contributed by atoms with Gasteiger partial charge in [0.25, 0.3) is 10.1 Å². The molecule has 1 aromatic rings. The third-order valence-corrected chi connectivity index (χ3v) is 5.09. The van der Waals surface area contributed by atoms with Crippen LogP contribution >= 0.6 is 24.0 Å². The summed E-state index contributed by atoms with van der Waals surface area (Å²) >= 11 is 0. The molecular formula is C18H31INaO3S. The van der Waals surface area contributed by atoms with E-state index in [0.717, 1.165) is 12.8 Å². The molecular weight excluding hydrogens is 446 g/mol. The second-order valence-electron chi connectivity index (χ2n) is 5.77. The summed E-state index contributed by atoms with van der Waals surface area (Å²) in [6.45, 7) is 2.52. The molecule has 24 heavy (non-hydrogen) atoms. The van der Waals surface area contributed by atoms with Crippen molar-refractivity contribution in [2.45, 2.75) is 76.0 Å². The Balaban J connectivity index is 0. The fraction of sp³-hybridized carbons (Fsp3) is 0.667. The summed E-state index contributed by atoms with van der Waals surface area (Å²) < 4.78 is 28.8. The first-order valence-electron chi connectivity index (χ1n) is 8.61. The van der Waals surface area contributed by atoms with Gasteiger partial charge in [-0.05, 0) is 18.6 Å². The van der Waals surface area contributed by atoms with E-state index in [4.69, 9.17) is 4.18 Å². The molecule has 0 heterocycles. The van der Waals surface area contributed by atoms with Crippen LogP contribution in [0.25, 0.3) is 0 Å². The van der Waals surface area contributed by atoms with Gasteiger partial charge < -0.3 is 0 Å². The van der Waals surface area contributed by atoms with Crippen molar-refractivity contribution in [2.24, 2.45) is 0 Å². The fourth-order valence-electron chi connectivity index (χ4n) is 2.41. The standard InChI is InChI=1S/C18H30O3S.HI.Na/c1-2-3-4-5-6-7-8-9-10-14-17-21-22(19,20)18-15-12-11-13-16-18;;/h11-13,15-16H,2-10,14,17H2,1H3;1H;. The second kappa shape index (κ2) is 17.3. The Morgan fingerprint density at radius 1 is 0.792 bits per heavy atom. The molecule has 135 valence electrons. The summed E-state index contributed by atoms with van der Waals surface area (Å²) in [5.74, 6) is 0. The maximum Gasteiger partial charge on any atom is 0.296 e. The third kappa shape index (κ3) is 13.1. The van der Waals surface area contributed by atoms with E-state index in [-0.39, 0.29) is 65.0 Å². The van der Waals surface area contributed by atoms with Crippen LogP contribution in [0.15, 0.2) is 35.2 Å². The van der Waals surface area contributed by atoms with Crippen molar-refractivity contribution in [3.05, 3.63) is 30.3 Å². The van der Waals surface area contributed by atoms with Gasteiger partial charge >= 0.3 is 0 Å². The van der Waals surface area contributed by atoms with Crippen LogP contribution in [0, 0.1) is 0 Å². The average Bonchev–Trinajstić information content (AvgIpc) is 2.53. The Morgan fingerprint density at radius 3 is 1.75 bits per heavy atom. The number of hydrogen-bond acceptors (Lipinski definition) is 3. The summed E-state index contributed by atoms with van der Waals surface area (Å²) in [7, 11) is -3.57. The first-order chi connectivity index (χ1) is 10.7. The predicted octanol–water partition coefficient (Wildman–Crippen LogP) is 5.55. The maximum absolute atomic E-state index is 11.9. The van der Waals surface area contributed by atoms with Crippen LogP contribution in [0.5, 0.6) is 0 Å². The molecule has 0 saturated heterocycles. The van der Waals surface area contributed by atoms with Gasteiger partial charge in [-0.25, -0.2) is 0 Å². The molecule has 0 aliphatic carbocycles. The van der Waals surface area contributed by atoms with Gasteiger partial charge in [0.1, 0.15) is 0 Å². The van der Waals surface area contributed by atoms with E-state index in [1.807, 2.05) is 0 Å². The minimum absolute atomic E-state index is 0. The molecule has 3 nitrogen and oxygen atoms in total. The van der Waals surface area contributed by atoms with Gasteiger partial charge in [0.05, 0.1) is 11.5 Å². The van der Waals surface area contributed by atoms with Crippen LogP contribution in [0.3, 0.4) is 0 Å². The van der Waals surface area contributed by atoms with E-state index in [0.29, 0.717) is 0 Å². The van der Waals surface area contributed by atoms with E-state index in [9.17, 15) is 8.42 Å². The second-order valence-corrected chi connectivity index (χ2v) is 7.39. The van der Waals surface area contributed by atoms with Crippen molar-refractivity contribution in [1.29, 1.82) is 0 Å². The minimum atomic E-state index is -3.57.